The molecular weight excluding hydrogens is 351 g/mol. The van der Waals surface area contributed by atoms with Crippen LogP contribution in [0.2, 0.25) is 5.02 Å². The van der Waals surface area contributed by atoms with Gasteiger partial charge < -0.3 is 4.90 Å². The highest BCUT2D eigenvalue weighted by molar-refractivity contribution is 7.89. The van der Waals surface area contributed by atoms with Crippen LogP contribution in [0.25, 0.3) is 0 Å². The molecule has 1 aliphatic heterocycles. The standard InChI is InChI=1S/C17H18ClFN2O2S/c18-14-2-1-3-17(10-14)24(22,23)20-11-13-8-9-21(12-13)16-6-4-15(19)5-7-16/h1-7,10,13,20H,8-9,11-12H2. The number of sulfonamides is 1. The molecule has 0 bridgehead atoms. The van der Waals surface area contributed by atoms with Crippen molar-refractivity contribution >= 4 is 27.3 Å². The van der Waals surface area contributed by atoms with E-state index in [2.05, 4.69) is 9.62 Å². The van der Waals surface area contributed by atoms with Crippen molar-refractivity contribution in [3.63, 3.8) is 0 Å². The topological polar surface area (TPSA) is 49.4 Å². The summed E-state index contributed by atoms with van der Waals surface area (Å²) >= 11 is 5.85. The Labute approximate surface area is 146 Å². The predicted molar refractivity (Wildman–Crippen MR) is 93.4 cm³/mol. The lowest BCUT2D eigenvalue weighted by atomic mass is 10.1. The first kappa shape index (κ1) is 17.2. The van der Waals surface area contributed by atoms with Crippen molar-refractivity contribution in [3.8, 4) is 0 Å². The molecule has 1 atom stereocenters. The van der Waals surface area contributed by atoms with E-state index in [0.717, 1.165) is 25.2 Å². The highest BCUT2D eigenvalue weighted by atomic mass is 35.5. The van der Waals surface area contributed by atoms with Gasteiger partial charge in [-0.2, -0.15) is 0 Å². The first-order valence-corrected chi connectivity index (χ1v) is 9.56. The van der Waals surface area contributed by atoms with Crippen LogP contribution < -0.4 is 9.62 Å². The lowest BCUT2D eigenvalue weighted by Crippen LogP contribution is -2.31. The molecule has 128 valence electrons. The van der Waals surface area contributed by atoms with Crippen LogP contribution in [0.3, 0.4) is 0 Å². The Morgan fingerprint density at radius 1 is 1.21 bits per heavy atom. The molecule has 1 saturated heterocycles. The molecule has 24 heavy (non-hydrogen) atoms. The lowest BCUT2D eigenvalue weighted by Gasteiger charge is -2.19. The molecule has 1 fully saturated rings. The summed E-state index contributed by atoms with van der Waals surface area (Å²) in [5.74, 6) is -0.0483. The second kappa shape index (κ2) is 7.09. The lowest BCUT2D eigenvalue weighted by molar-refractivity contribution is 0.541. The second-order valence-corrected chi connectivity index (χ2v) is 8.09. The van der Waals surface area contributed by atoms with Gasteiger partial charge in [-0.05, 0) is 54.8 Å². The summed E-state index contributed by atoms with van der Waals surface area (Å²) in [6, 6.07) is 12.6. The van der Waals surface area contributed by atoms with Crippen molar-refractivity contribution < 1.29 is 12.8 Å². The molecule has 1 unspecified atom stereocenters. The third kappa shape index (κ3) is 4.06. The van der Waals surface area contributed by atoms with E-state index in [1.165, 1.54) is 24.3 Å². The molecule has 0 saturated carbocycles. The van der Waals surface area contributed by atoms with Crippen LogP contribution in [0, 0.1) is 11.7 Å². The maximum absolute atomic E-state index is 13.0. The Hall–Kier alpha value is -1.63. The molecule has 0 aromatic heterocycles. The van der Waals surface area contributed by atoms with Crippen LogP contribution >= 0.6 is 11.6 Å². The molecule has 4 nitrogen and oxygen atoms in total. The van der Waals surface area contributed by atoms with Crippen LogP contribution in [0.4, 0.5) is 10.1 Å². The van der Waals surface area contributed by atoms with Crippen molar-refractivity contribution in [2.75, 3.05) is 24.5 Å². The molecule has 3 rings (SSSR count). The van der Waals surface area contributed by atoms with Crippen LogP contribution in [0.15, 0.2) is 53.4 Å². The smallest absolute Gasteiger partial charge is 0.240 e. The molecular formula is C17H18ClFN2O2S. The fraction of sp³-hybridized carbons (Fsp3) is 0.294. The third-order valence-corrected chi connectivity index (χ3v) is 5.80. The highest BCUT2D eigenvalue weighted by Gasteiger charge is 2.24. The molecule has 2 aromatic carbocycles. The zero-order valence-electron chi connectivity index (χ0n) is 13.0. The fourth-order valence-corrected chi connectivity index (χ4v) is 4.25. The molecule has 1 N–H and O–H groups in total. The largest absolute Gasteiger partial charge is 0.371 e. The van der Waals surface area contributed by atoms with E-state index < -0.39 is 10.0 Å². The van der Waals surface area contributed by atoms with Gasteiger partial charge in [0, 0.05) is 30.3 Å². The Morgan fingerprint density at radius 2 is 1.96 bits per heavy atom. The van der Waals surface area contributed by atoms with Crippen LogP contribution in [0.5, 0.6) is 0 Å². The second-order valence-electron chi connectivity index (χ2n) is 5.89. The minimum Gasteiger partial charge on any atom is -0.371 e. The molecule has 2 aromatic rings. The molecule has 0 amide bonds. The number of rotatable bonds is 5. The van der Waals surface area contributed by atoms with E-state index in [1.807, 2.05) is 0 Å². The number of nitrogens with one attached hydrogen (secondary N) is 1. The summed E-state index contributed by atoms with van der Waals surface area (Å²) in [6.07, 6.45) is 0.884. The fourth-order valence-electron chi connectivity index (χ4n) is 2.83. The van der Waals surface area contributed by atoms with E-state index >= 15 is 0 Å². The number of halogens is 2. The minimum atomic E-state index is -3.56. The molecule has 7 heteroatoms. The zero-order valence-corrected chi connectivity index (χ0v) is 14.5. The van der Waals surface area contributed by atoms with Gasteiger partial charge in [-0.25, -0.2) is 17.5 Å². The SMILES string of the molecule is O=S(=O)(NCC1CCN(c2ccc(F)cc2)C1)c1cccc(Cl)c1. The normalized spacial score (nSPS) is 18.1. The van der Waals surface area contributed by atoms with Gasteiger partial charge in [0.2, 0.25) is 10.0 Å². The first-order valence-electron chi connectivity index (χ1n) is 7.70. The van der Waals surface area contributed by atoms with Crippen molar-refractivity contribution in [3.05, 3.63) is 59.4 Å². The number of hydrogen-bond donors (Lipinski definition) is 1. The van der Waals surface area contributed by atoms with Gasteiger partial charge in [-0.1, -0.05) is 17.7 Å². The average Bonchev–Trinajstić information content (AvgIpc) is 3.03. The zero-order chi connectivity index (χ0) is 17.2. The third-order valence-electron chi connectivity index (χ3n) is 4.15. The van der Waals surface area contributed by atoms with E-state index in [9.17, 15) is 12.8 Å². The number of anilines is 1. The first-order chi connectivity index (χ1) is 11.4. The molecule has 0 radical (unpaired) electrons. The van der Waals surface area contributed by atoms with E-state index in [1.54, 1.807) is 24.3 Å². The van der Waals surface area contributed by atoms with Gasteiger partial charge in [-0.3, -0.25) is 0 Å². The predicted octanol–water partition coefficient (Wildman–Crippen LogP) is 3.28. The monoisotopic (exact) mass is 368 g/mol. The van der Waals surface area contributed by atoms with E-state index in [-0.39, 0.29) is 16.6 Å². The summed E-state index contributed by atoms with van der Waals surface area (Å²) in [4.78, 5) is 2.31. The maximum atomic E-state index is 13.0. The number of benzene rings is 2. The number of nitrogens with zero attached hydrogens (tertiary/aromatic N) is 1. The molecule has 0 spiro atoms. The summed E-state index contributed by atoms with van der Waals surface area (Å²) < 4.78 is 40.2. The summed E-state index contributed by atoms with van der Waals surface area (Å²) in [6.45, 7) is 1.94. The van der Waals surface area contributed by atoms with Gasteiger partial charge >= 0.3 is 0 Å². The van der Waals surface area contributed by atoms with Gasteiger partial charge in [0.05, 0.1) is 4.90 Å². The highest BCUT2D eigenvalue weighted by Crippen LogP contribution is 2.24. The van der Waals surface area contributed by atoms with Crippen LogP contribution in [-0.2, 0) is 10.0 Å². The summed E-state index contributed by atoms with van der Waals surface area (Å²) in [5.41, 5.74) is 0.955. The molecule has 1 heterocycles. The Kier molecular flexibility index (Phi) is 5.08. The van der Waals surface area contributed by atoms with Gasteiger partial charge in [0.25, 0.3) is 0 Å². The Balaban J connectivity index is 1.59. The quantitative estimate of drug-likeness (QED) is 0.881. The molecule has 0 aliphatic carbocycles. The summed E-state index contributed by atoms with van der Waals surface area (Å²) in [7, 11) is -3.56. The molecule has 1 aliphatic rings. The van der Waals surface area contributed by atoms with Crippen LogP contribution in [-0.4, -0.2) is 28.1 Å². The van der Waals surface area contributed by atoms with Crippen LogP contribution in [0.1, 0.15) is 6.42 Å². The van der Waals surface area contributed by atoms with Gasteiger partial charge in [-0.15, -0.1) is 0 Å². The van der Waals surface area contributed by atoms with E-state index in [4.69, 9.17) is 11.6 Å². The number of hydrogen-bond acceptors (Lipinski definition) is 3. The summed E-state index contributed by atoms with van der Waals surface area (Å²) in [5, 5.41) is 0.390. The van der Waals surface area contributed by atoms with Crippen molar-refractivity contribution in [2.24, 2.45) is 5.92 Å². The van der Waals surface area contributed by atoms with Crippen molar-refractivity contribution in [1.82, 2.24) is 4.72 Å². The van der Waals surface area contributed by atoms with Crippen molar-refractivity contribution in [2.45, 2.75) is 11.3 Å². The Bertz CT molecular complexity index is 812. The van der Waals surface area contributed by atoms with E-state index in [0.29, 0.717) is 11.6 Å². The average molecular weight is 369 g/mol. The minimum absolute atomic E-state index is 0.170. The van der Waals surface area contributed by atoms with Gasteiger partial charge in [0.1, 0.15) is 5.82 Å². The Morgan fingerprint density at radius 3 is 2.67 bits per heavy atom. The van der Waals surface area contributed by atoms with Crippen molar-refractivity contribution in [1.29, 1.82) is 0 Å². The maximum Gasteiger partial charge on any atom is 0.240 e. The van der Waals surface area contributed by atoms with Gasteiger partial charge in [0.15, 0.2) is 0 Å².